The molecule has 0 aliphatic carbocycles. The Labute approximate surface area is 192 Å². The molecule has 1 fully saturated rings. The maximum atomic E-state index is 12.9. The van der Waals surface area contributed by atoms with Crippen LogP contribution in [0.4, 0.5) is 35.9 Å². The van der Waals surface area contributed by atoms with Gasteiger partial charge in [-0.1, -0.05) is 0 Å². The molecule has 10 nitrogen and oxygen atoms in total. The van der Waals surface area contributed by atoms with E-state index >= 15 is 0 Å². The van der Waals surface area contributed by atoms with Crippen LogP contribution < -0.4 is 10.2 Å². The number of amides is 1. The number of benzene rings is 2. The van der Waals surface area contributed by atoms with Crippen molar-refractivity contribution in [1.82, 2.24) is 4.90 Å². The molecule has 0 radical (unpaired) electrons. The first-order chi connectivity index (χ1) is 16.1. The lowest BCUT2D eigenvalue weighted by atomic mass is 10.1. The van der Waals surface area contributed by atoms with Gasteiger partial charge >= 0.3 is 6.18 Å². The van der Waals surface area contributed by atoms with Crippen LogP contribution in [0.25, 0.3) is 0 Å². The third-order valence-corrected chi connectivity index (χ3v) is 5.45. The highest BCUT2D eigenvalue weighted by molar-refractivity contribution is 5.76. The number of nitrogens with zero attached hydrogens (tertiary/aromatic N) is 4. The molecule has 0 unspecified atom stereocenters. The number of nitro groups is 2. The Bertz CT molecular complexity index is 1050. The quantitative estimate of drug-likeness (QED) is 0.343. The molecule has 3 rings (SSSR count). The van der Waals surface area contributed by atoms with Crippen LogP contribution in [0.1, 0.15) is 18.4 Å². The average Bonchev–Trinajstić information content (AvgIpc) is 2.81. The van der Waals surface area contributed by atoms with E-state index < -0.39 is 27.3 Å². The number of carbonyl (C=O) groups excluding carboxylic acids is 1. The number of halogens is 3. The molecule has 1 N–H and O–H groups in total. The average molecular weight is 481 g/mol. The summed E-state index contributed by atoms with van der Waals surface area (Å²) in [5.41, 5.74) is -0.922. The third-order valence-electron chi connectivity index (χ3n) is 5.45. The Hall–Kier alpha value is -3.90. The van der Waals surface area contributed by atoms with E-state index in [0.717, 1.165) is 12.1 Å². The topological polar surface area (TPSA) is 122 Å². The monoisotopic (exact) mass is 481 g/mol. The highest BCUT2D eigenvalue weighted by Gasteiger charge is 2.34. The van der Waals surface area contributed by atoms with Crippen LogP contribution in [0, 0.1) is 20.2 Å². The Kier molecular flexibility index (Phi) is 7.54. The largest absolute Gasteiger partial charge is 0.416 e. The summed E-state index contributed by atoms with van der Waals surface area (Å²) in [6.45, 7) is 1.61. The Morgan fingerprint density at radius 3 is 2.18 bits per heavy atom. The van der Waals surface area contributed by atoms with Crippen molar-refractivity contribution in [2.24, 2.45) is 0 Å². The molecule has 2 aromatic rings. The molecule has 1 heterocycles. The van der Waals surface area contributed by atoms with Gasteiger partial charge in [-0.2, -0.15) is 13.2 Å². The van der Waals surface area contributed by atoms with E-state index in [0.29, 0.717) is 37.8 Å². The van der Waals surface area contributed by atoms with Crippen LogP contribution in [-0.2, 0) is 11.0 Å². The van der Waals surface area contributed by atoms with E-state index in [9.17, 15) is 38.2 Å². The van der Waals surface area contributed by atoms with Crippen molar-refractivity contribution in [2.75, 3.05) is 42.9 Å². The lowest BCUT2D eigenvalue weighted by molar-refractivity contribution is -0.384. The minimum absolute atomic E-state index is 0.0125. The Balaban J connectivity index is 1.48. The highest BCUT2D eigenvalue weighted by atomic mass is 19.4. The van der Waals surface area contributed by atoms with Crippen LogP contribution >= 0.6 is 0 Å². The first kappa shape index (κ1) is 24.7. The second kappa shape index (κ2) is 10.4. The van der Waals surface area contributed by atoms with E-state index in [2.05, 4.69) is 5.32 Å². The lowest BCUT2D eigenvalue weighted by Crippen LogP contribution is -2.49. The number of nitro benzene ring substituents is 2. The van der Waals surface area contributed by atoms with E-state index in [-0.39, 0.29) is 36.8 Å². The Morgan fingerprint density at radius 1 is 0.971 bits per heavy atom. The van der Waals surface area contributed by atoms with Gasteiger partial charge in [0.05, 0.1) is 15.4 Å². The zero-order valence-electron chi connectivity index (χ0n) is 18.0. The van der Waals surface area contributed by atoms with Gasteiger partial charge in [0.25, 0.3) is 11.4 Å². The number of anilines is 2. The van der Waals surface area contributed by atoms with Crippen molar-refractivity contribution in [1.29, 1.82) is 0 Å². The summed E-state index contributed by atoms with van der Waals surface area (Å²) in [7, 11) is 0. The fourth-order valence-electron chi connectivity index (χ4n) is 3.64. The number of carbonyl (C=O) groups is 1. The molecule has 1 aliphatic rings. The summed E-state index contributed by atoms with van der Waals surface area (Å²) in [6.07, 6.45) is -3.89. The maximum Gasteiger partial charge on any atom is 0.416 e. The molecule has 13 heteroatoms. The summed E-state index contributed by atoms with van der Waals surface area (Å²) < 4.78 is 38.7. The first-order valence-corrected chi connectivity index (χ1v) is 10.4. The van der Waals surface area contributed by atoms with Gasteiger partial charge in [0.1, 0.15) is 5.69 Å². The number of alkyl halides is 3. The molecule has 1 aliphatic heterocycles. The Morgan fingerprint density at radius 2 is 1.62 bits per heavy atom. The van der Waals surface area contributed by atoms with Gasteiger partial charge in [0, 0.05) is 63.0 Å². The van der Waals surface area contributed by atoms with Gasteiger partial charge < -0.3 is 15.1 Å². The molecule has 0 atom stereocenters. The smallest absolute Gasteiger partial charge is 0.385 e. The molecular weight excluding hydrogens is 459 g/mol. The van der Waals surface area contributed by atoms with Crippen molar-refractivity contribution in [3.05, 3.63) is 68.3 Å². The third kappa shape index (κ3) is 6.11. The van der Waals surface area contributed by atoms with E-state index in [4.69, 9.17) is 0 Å². The minimum Gasteiger partial charge on any atom is -0.385 e. The molecule has 0 bridgehead atoms. The summed E-state index contributed by atoms with van der Waals surface area (Å²) in [5.74, 6) is -0.0907. The van der Waals surface area contributed by atoms with Crippen LogP contribution in [0.15, 0.2) is 42.5 Å². The van der Waals surface area contributed by atoms with E-state index in [1.165, 1.54) is 12.1 Å². The predicted octanol–water partition coefficient (Wildman–Crippen LogP) is 4.06. The summed E-state index contributed by atoms with van der Waals surface area (Å²) in [4.78, 5) is 36.4. The number of hydrogen-bond donors (Lipinski definition) is 1. The molecule has 1 amide bonds. The van der Waals surface area contributed by atoms with Gasteiger partial charge in [-0.05, 0) is 30.7 Å². The number of rotatable bonds is 8. The molecular formula is C21H22F3N5O5. The molecule has 182 valence electrons. The molecule has 2 aromatic carbocycles. The fraction of sp³-hybridized carbons (Fsp3) is 0.381. The van der Waals surface area contributed by atoms with Crippen molar-refractivity contribution < 1.29 is 27.8 Å². The lowest BCUT2D eigenvalue weighted by Gasteiger charge is -2.36. The predicted molar refractivity (Wildman–Crippen MR) is 118 cm³/mol. The minimum atomic E-state index is -4.68. The van der Waals surface area contributed by atoms with Crippen molar-refractivity contribution in [2.45, 2.75) is 19.0 Å². The van der Waals surface area contributed by atoms with Gasteiger partial charge in [-0.15, -0.1) is 0 Å². The first-order valence-electron chi connectivity index (χ1n) is 10.4. The summed E-state index contributed by atoms with van der Waals surface area (Å²) in [6, 6.07) is 8.38. The van der Waals surface area contributed by atoms with E-state index in [1.807, 2.05) is 0 Å². The summed E-state index contributed by atoms with van der Waals surface area (Å²) in [5, 5.41) is 25.1. The van der Waals surface area contributed by atoms with Crippen LogP contribution in [0.3, 0.4) is 0 Å². The van der Waals surface area contributed by atoms with Gasteiger partial charge in [0.15, 0.2) is 0 Å². The van der Waals surface area contributed by atoms with Gasteiger partial charge in [-0.25, -0.2) is 0 Å². The number of non-ortho nitro benzene ring substituents is 1. The normalized spacial score (nSPS) is 14.1. The fourth-order valence-corrected chi connectivity index (χ4v) is 3.64. The molecule has 1 saturated heterocycles. The van der Waals surface area contributed by atoms with Crippen LogP contribution in [-0.4, -0.2) is 53.4 Å². The second-order valence-electron chi connectivity index (χ2n) is 7.66. The standard InChI is InChI=1S/C21H22F3N5O5/c22-21(23,24)15-3-8-18(19(14-15)29(33)34)26-10-12-27(13-11-26)20(30)2-1-9-25-16-4-6-17(7-5-16)28(31)32/h3-8,14,25H,1-2,9-13H2. The zero-order chi connectivity index (χ0) is 24.9. The van der Waals surface area contributed by atoms with Crippen molar-refractivity contribution in [3.8, 4) is 0 Å². The number of piperazine rings is 1. The zero-order valence-corrected chi connectivity index (χ0v) is 18.0. The van der Waals surface area contributed by atoms with Crippen molar-refractivity contribution in [3.63, 3.8) is 0 Å². The van der Waals surface area contributed by atoms with Crippen molar-refractivity contribution >= 4 is 28.7 Å². The molecule has 0 spiro atoms. The van der Waals surface area contributed by atoms with Gasteiger partial charge in [-0.3, -0.25) is 25.0 Å². The number of nitrogens with one attached hydrogen (secondary N) is 1. The number of hydrogen-bond acceptors (Lipinski definition) is 7. The molecule has 34 heavy (non-hydrogen) atoms. The highest BCUT2D eigenvalue weighted by Crippen LogP contribution is 2.36. The van der Waals surface area contributed by atoms with Gasteiger partial charge in [0.2, 0.25) is 5.91 Å². The van der Waals surface area contributed by atoms with E-state index in [1.54, 1.807) is 21.9 Å². The molecule has 0 aromatic heterocycles. The van der Waals surface area contributed by atoms with Crippen LogP contribution in [0.2, 0.25) is 0 Å². The molecule has 0 saturated carbocycles. The van der Waals surface area contributed by atoms with Crippen LogP contribution in [0.5, 0.6) is 0 Å². The summed E-state index contributed by atoms with van der Waals surface area (Å²) >= 11 is 0. The second-order valence-corrected chi connectivity index (χ2v) is 7.66. The SMILES string of the molecule is O=C(CCCNc1ccc([N+](=O)[O-])cc1)N1CCN(c2ccc(C(F)(F)F)cc2[N+](=O)[O-])CC1. The maximum absolute atomic E-state index is 12.9.